The Morgan fingerprint density at radius 3 is 2.13 bits per heavy atom. The maximum Gasteiger partial charge on any atom is -0.00519 e. The van der Waals surface area contributed by atoms with Crippen molar-refractivity contribution in [1.29, 1.82) is 0 Å². The van der Waals surface area contributed by atoms with Gasteiger partial charge in [0.15, 0.2) is 0 Å². The smallest absolute Gasteiger partial charge is 0.00519 e. The molecule has 0 aliphatic heterocycles. The van der Waals surface area contributed by atoms with E-state index < -0.39 is 0 Å². The molecule has 0 saturated carbocycles. The highest BCUT2D eigenvalue weighted by Gasteiger charge is 2.24. The second-order valence-electron chi connectivity index (χ2n) is 6.05. The van der Waals surface area contributed by atoms with E-state index in [9.17, 15) is 0 Å². The minimum atomic E-state index is 0.502. The van der Waals surface area contributed by atoms with Crippen molar-refractivity contribution in [1.82, 2.24) is 5.32 Å². The number of unbranched alkanes of at least 4 members (excludes halogenated alkanes) is 1. The SMILES string of the molecule is CNCCCCC(C)CC(C)(C)C(C)C. The second kappa shape index (κ2) is 7.27. The third-order valence-corrected chi connectivity index (χ3v) is 3.81. The Hall–Kier alpha value is -0.0400. The number of hydrogen-bond acceptors (Lipinski definition) is 1. The lowest BCUT2D eigenvalue weighted by Gasteiger charge is -2.32. The first kappa shape index (κ1) is 15.0. The number of nitrogens with one attached hydrogen (secondary N) is 1. The van der Waals surface area contributed by atoms with E-state index in [0.29, 0.717) is 5.41 Å². The fourth-order valence-electron chi connectivity index (χ4n) is 2.03. The molecule has 0 rings (SSSR count). The summed E-state index contributed by atoms with van der Waals surface area (Å²) in [5.74, 6) is 1.66. The summed E-state index contributed by atoms with van der Waals surface area (Å²) in [6, 6.07) is 0. The largest absolute Gasteiger partial charge is 0.320 e. The van der Waals surface area contributed by atoms with Crippen molar-refractivity contribution in [3.63, 3.8) is 0 Å². The van der Waals surface area contributed by atoms with Crippen LogP contribution in [0.25, 0.3) is 0 Å². The van der Waals surface area contributed by atoms with Crippen LogP contribution in [0.3, 0.4) is 0 Å². The van der Waals surface area contributed by atoms with Gasteiger partial charge in [0.2, 0.25) is 0 Å². The van der Waals surface area contributed by atoms with Crippen molar-refractivity contribution in [3.05, 3.63) is 0 Å². The van der Waals surface area contributed by atoms with E-state index in [-0.39, 0.29) is 0 Å². The molecule has 0 aromatic rings. The first-order chi connectivity index (χ1) is 6.90. The van der Waals surface area contributed by atoms with Gasteiger partial charge in [0.05, 0.1) is 0 Å². The molecular formula is C14H31N. The molecule has 15 heavy (non-hydrogen) atoms. The van der Waals surface area contributed by atoms with Gasteiger partial charge in [0.1, 0.15) is 0 Å². The van der Waals surface area contributed by atoms with Gasteiger partial charge in [0, 0.05) is 0 Å². The topological polar surface area (TPSA) is 12.0 Å². The van der Waals surface area contributed by atoms with Gasteiger partial charge in [-0.05, 0) is 43.7 Å². The van der Waals surface area contributed by atoms with Crippen molar-refractivity contribution >= 4 is 0 Å². The molecule has 0 aromatic carbocycles. The summed E-state index contributed by atoms with van der Waals surface area (Å²) in [7, 11) is 2.03. The van der Waals surface area contributed by atoms with Crippen molar-refractivity contribution in [3.8, 4) is 0 Å². The molecule has 0 bridgehead atoms. The van der Waals surface area contributed by atoms with E-state index in [2.05, 4.69) is 39.9 Å². The molecule has 1 heteroatoms. The highest BCUT2D eigenvalue weighted by Crippen LogP contribution is 2.34. The lowest BCUT2D eigenvalue weighted by Crippen LogP contribution is -2.22. The maximum atomic E-state index is 3.21. The minimum absolute atomic E-state index is 0.502. The predicted molar refractivity (Wildman–Crippen MR) is 70.2 cm³/mol. The van der Waals surface area contributed by atoms with Crippen LogP contribution < -0.4 is 5.32 Å². The van der Waals surface area contributed by atoms with Gasteiger partial charge >= 0.3 is 0 Å². The zero-order valence-electron chi connectivity index (χ0n) is 11.7. The summed E-state index contributed by atoms with van der Waals surface area (Å²) in [6.07, 6.45) is 5.45. The van der Waals surface area contributed by atoms with Crippen molar-refractivity contribution in [2.24, 2.45) is 17.3 Å². The summed E-state index contributed by atoms with van der Waals surface area (Å²) in [4.78, 5) is 0. The Morgan fingerprint density at radius 2 is 1.67 bits per heavy atom. The van der Waals surface area contributed by atoms with Crippen LogP contribution in [0.15, 0.2) is 0 Å². The Bertz CT molecular complexity index is 149. The molecule has 0 heterocycles. The molecule has 1 atom stereocenters. The van der Waals surface area contributed by atoms with E-state index in [4.69, 9.17) is 0 Å². The summed E-state index contributed by atoms with van der Waals surface area (Å²) in [5, 5.41) is 3.21. The van der Waals surface area contributed by atoms with Gasteiger partial charge in [-0.25, -0.2) is 0 Å². The summed E-state index contributed by atoms with van der Waals surface area (Å²) in [5.41, 5.74) is 0.502. The van der Waals surface area contributed by atoms with Crippen LogP contribution in [-0.4, -0.2) is 13.6 Å². The van der Waals surface area contributed by atoms with Gasteiger partial charge in [0.25, 0.3) is 0 Å². The summed E-state index contributed by atoms with van der Waals surface area (Å²) in [6.45, 7) is 13.1. The van der Waals surface area contributed by atoms with Crippen LogP contribution in [0.4, 0.5) is 0 Å². The van der Waals surface area contributed by atoms with Gasteiger partial charge in [-0.2, -0.15) is 0 Å². The fourth-order valence-corrected chi connectivity index (χ4v) is 2.03. The van der Waals surface area contributed by atoms with E-state index in [1.807, 2.05) is 7.05 Å². The van der Waals surface area contributed by atoms with Gasteiger partial charge in [-0.1, -0.05) is 47.5 Å². The summed E-state index contributed by atoms with van der Waals surface area (Å²) >= 11 is 0. The van der Waals surface area contributed by atoms with Crippen LogP contribution in [-0.2, 0) is 0 Å². The van der Waals surface area contributed by atoms with Crippen LogP contribution in [0.5, 0.6) is 0 Å². The van der Waals surface area contributed by atoms with Gasteiger partial charge in [-0.3, -0.25) is 0 Å². The normalized spacial score (nSPS) is 14.6. The summed E-state index contributed by atoms with van der Waals surface area (Å²) < 4.78 is 0. The Morgan fingerprint density at radius 1 is 1.07 bits per heavy atom. The molecule has 0 aliphatic rings. The fraction of sp³-hybridized carbons (Fsp3) is 1.00. The molecule has 1 nitrogen and oxygen atoms in total. The second-order valence-corrected chi connectivity index (χ2v) is 6.05. The molecule has 0 radical (unpaired) electrons. The zero-order chi connectivity index (χ0) is 11.9. The predicted octanol–water partition coefficient (Wildman–Crippen LogP) is 4.08. The Kier molecular flexibility index (Phi) is 7.25. The third kappa shape index (κ3) is 6.94. The quantitative estimate of drug-likeness (QED) is 0.599. The molecule has 1 N–H and O–H groups in total. The average molecular weight is 213 g/mol. The lowest BCUT2D eigenvalue weighted by molar-refractivity contribution is 0.187. The van der Waals surface area contributed by atoms with Crippen LogP contribution >= 0.6 is 0 Å². The first-order valence-electron chi connectivity index (χ1n) is 6.54. The molecule has 0 amide bonds. The first-order valence-corrected chi connectivity index (χ1v) is 6.54. The number of rotatable bonds is 8. The standard InChI is InChI=1S/C14H31N/c1-12(2)14(4,5)11-13(3)9-7-8-10-15-6/h12-13,15H,7-11H2,1-6H3. The molecule has 0 aromatic heterocycles. The highest BCUT2D eigenvalue weighted by atomic mass is 14.8. The minimum Gasteiger partial charge on any atom is -0.320 e. The van der Waals surface area contributed by atoms with Crippen molar-refractivity contribution in [2.45, 2.75) is 60.3 Å². The van der Waals surface area contributed by atoms with Gasteiger partial charge < -0.3 is 5.32 Å². The highest BCUT2D eigenvalue weighted by molar-refractivity contribution is 4.74. The van der Waals surface area contributed by atoms with E-state index in [0.717, 1.165) is 11.8 Å². The van der Waals surface area contributed by atoms with Crippen molar-refractivity contribution < 1.29 is 0 Å². The average Bonchev–Trinajstić information content (AvgIpc) is 2.11. The monoisotopic (exact) mass is 213 g/mol. The van der Waals surface area contributed by atoms with Crippen LogP contribution in [0.2, 0.25) is 0 Å². The molecule has 0 spiro atoms. The van der Waals surface area contributed by atoms with E-state index >= 15 is 0 Å². The Labute approximate surface area is 97.0 Å². The maximum absolute atomic E-state index is 3.21. The molecular weight excluding hydrogens is 182 g/mol. The molecule has 0 aliphatic carbocycles. The third-order valence-electron chi connectivity index (χ3n) is 3.81. The van der Waals surface area contributed by atoms with Crippen LogP contribution in [0.1, 0.15) is 60.3 Å². The Balaban J connectivity index is 3.68. The molecule has 1 unspecified atom stereocenters. The number of hydrogen-bond donors (Lipinski definition) is 1. The molecule has 0 saturated heterocycles. The van der Waals surface area contributed by atoms with E-state index in [1.54, 1.807) is 0 Å². The van der Waals surface area contributed by atoms with Crippen molar-refractivity contribution in [2.75, 3.05) is 13.6 Å². The molecule has 0 fully saturated rings. The lowest BCUT2D eigenvalue weighted by atomic mass is 9.74. The molecule has 92 valence electrons. The van der Waals surface area contributed by atoms with E-state index in [1.165, 1.54) is 32.2 Å². The van der Waals surface area contributed by atoms with Crippen LogP contribution in [0, 0.1) is 17.3 Å². The zero-order valence-corrected chi connectivity index (χ0v) is 11.7. The van der Waals surface area contributed by atoms with Gasteiger partial charge in [-0.15, -0.1) is 0 Å².